The SMILES string of the molecule is CCC[C@H](C(=O)N1CCn2nc(CNC(=O)CC)cc2C1)n1cccc1. The highest BCUT2D eigenvalue weighted by molar-refractivity contribution is 5.80. The summed E-state index contributed by atoms with van der Waals surface area (Å²) in [6.45, 7) is 6.28. The summed E-state index contributed by atoms with van der Waals surface area (Å²) in [5.41, 5.74) is 1.86. The van der Waals surface area contributed by atoms with Crippen LogP contribution < -0.4 is 5.32 Å². The highest BCUT2D eigenvalue weighted by atomic mass is 16.2. The van der Waals surface area contributed by atoms with Gasteiger partial charge in [0, 0.05) is 25.4 Å². The number of aromatic nitrogens is 3. The molecule has 0 unspecified atom stereocenters. The van der Waals surface area contributed by atoms with Crippen LogP contribution in [0.5, 0.6) is 0 Å². The van der Waals surface area contributed by atoms with Gasteiger partial charge in [0.1, 0.15) is 6.04 Å². The number of carbonyl (C=O) groups excluding carboxylic acids is 2. The van der Waals surface area contributed by atoms with Gasteiger partial charge in [-0.2, -0.15) is 5.10 Å². The van der Waals surface area contributed by atoms with Gasteiger partial charge in [-0.25, -0.2) is 0 Å². The van der Waals surface area contributed by atoms with Crippen LogP contribution in [0.4, 0.5) is 0 Å². The lowest BCUT2D eigenvalue weighted by molar-refractivity contribution is -0.136. The number of amides is 2. The van der Waals surface area contributed by atoms with Crippen molar-refractivity contribution in [2.75, 3.05) is 6.54 Å². The Morgan fingerprint density at radius 3 is 2.69 bits per heavy atom. The second-order valence-corrected chi connectivity index (χ2v) is 6.67. The van der Waals surface area contributed by atoms with Gasteiger partial charge in [0.25, 0.3) is 0 Å². The van der Waals surface area contributed by atoms with Gasteiger partial charge in [-0.3, -0.25) is 14.3 Å². The molecule has 0 spiro atoms. The molecule has 3 rings (SSSR count). The average Bonchev–Trinajstić information content (AvgIpc) is 3.32. The monoisotopic (exact) mass is 357 g/mol. The van der Waals surface area contributed by atoms with Crippen LogP contribution in [0.1, 0.15) is 50.5 Å². The van der Waals surface area contributed by atoms with Gasteiger partial charge in [-0.1, -0.05) is 20.3 Å². The van der Waals surface area contributed by atoms with Crippen molar-refractivity contribution < 1.29 is 9.59 Å². The van der Waals surface area contributed by atoms with E-state index in [0.29, 0.717) is 32.6 Å². The van der Waals surface area contributed by atoms with Crippen molar-refractivity contribution in [3.05, 3.63) is 42.0 Å². The minimum Gasteiger partial charge on any atom is -0.350 e. The second-order valence-electron chi connectivity index (χ2n) is 6.67. The lowest BCUT2D eigenvalue weighted by Crippen LogP contribution is -2.42. The zero-order valence-electron chi connectivity index (χ0n) is 15.5. The Bertz CT molecular complexity index is 750. The summed E-state index contributed by atoms with van der Waals surface area (Å²) in [5.74, 6) is 0.179. The van der Waals surface area contributed by atoms with Crippen molar-refractivity contribution in [2.45, 2.75) is 58.8 Å². The minimum atomic E-state index is -0.146. The van der Waals surface area contributed by atoms with Crippen LogP contribution in [0.25, 0.3) is 0 Å². The van der Waals surface area contributed by atoms with Crippen LogP contribution in [0.2, 0.25) is 0 Å². The van der Waals surface area contributed by atoms with Gasteiger partial charge < -0.3 is 14.8 Å². The third-order valence-corrected chi connectivity index (χ3v) is 4.78. The third kappa shape index (κ3) is 3.98. The average molecular weight is 357 g/mol. The molecule has 1 N–H and O–H groups in total. The third-order valence-electron chi connectivity index (χ3n) is 4.78. The van der Waals surface area contributed by atoms with Gasteiger partial charge in [0.2, 0.25) is 11.8 Å². The molecule has 2 aromatic heterocycles. The van der Waals surface area contributed by atoms with Crippen LogP contribution in [-0.4, -0.2) is 37.6 Å². The summed E-state index contributed by atoms with van der Waals surface area (Å²) in [4.78, 5) is 26.4. The van der Waals surface area contributed by atoms with E-state index in [2.05, 4.69) is 17.3 Å². The molecule has 0 bridgehead atoms. The largest absolute Gasteiger partial charge is 0.350 e. The lowest BCUT2D eigenvalue weighted by atomic mass is 10.1. The zero-order chi connectivity index (χ0) is 18.5. The van der Waals surface area contributed by atoms with Gasteiger partial charge in [-0.15, -0.1) is 0 Å². The van der Waals surface area contributed by atoms with Crippen LogP contribution in [0.3, 0.4) is 0 Å². The molecule has 0 radical (unpaired) electrons. The summed E-state index contributed by atoms with van der Waals surface area (Å²) in [6, 6.07) is 5.75. The maximum Gasteiger partial charge on any atom is 0.246 e. The highest BCUT2D eigenvalue weighted by Gasteiger charge is 2.28. The summed E-state index contributed by atoms with van der Waals surface area (Å²) < 4.78 is 3.95. The van der Waals surface area contributed by atoms with Crippen LogP contribution in [0.15, 0.2) is 30.6 Å². The number of rotatable bonds is 7. The van der Waals surface area contributed by atoms with Gasteiger partial charge in [0.05, 0.1) is 31.0 Å². The Morgan fingerprint density at radius 1 is 1.23 bits per heavy atom. The summed E-state index contributed by atoms with van der Waals surface area (Å²) in [6.07, 6.45) is 6.18. The van der Waals surface area contributed by atoms with E-state index in [1.807, 2.05) is 51.7 Å². The predicted octanol–water partition coefficient (Wildman–Crippen LogP) is 2.09. The molecular formula is C19H27N5O2. The molecule has 3 heterocycles. The minimum absolute atomic E-state index is 0.0157. The fourth-order valence-electron chi connectivity index (χ4n) is 3.35. The number of fused-ring (bicyclic) bond motifs is 1. The molecule has 0 aromatic carbocycles. The zero-order valence-corrected chi connectivity index (χ0v) is 15.5. The number of nitrogens with one attached hydrogen (secondary N) is 1. The van der Waals surface area contributed by atoms with Crippen LogP contribution in [-0.2, 0) is 29.2 Å². The van der Waals surface area contributed by atoms with Crippen molar-refractivity contribution >= 4 is 11.8 Å². The molecule has 140 valence electrons. The molecule has 1 atom stereocenters. The fraction of sp³-hybridized carbons (Fsp3) is 0.526. The standard InChI is InChI=1S/C19H27N5O2/c1-3-7-17(22-8-5-6-9-22)19(26)23-10-11-24-16(14-23)12-15(21-24)13-20-18(25)4-2/h5-6,8-9,12,17H,3-4,7,10-11,13-14H2,1-2H3,(H,20,25)/t17-/m1/s1. The molecule has 0 saturated heterocycles. The molecule has 26 heavy (non-hydrogen) atoms. The lowest BCUT2D eigenvalue weighted by Gasteiger charge is -2.31. The molecule has 1 aliphatic heterocycles. The van der Waals surface area contributed by atoms with Crippen molar-refractivity contribution in [3.8, 4) is 0 Å². The smallest absolute Gasteiger partial charge is 0.246 e. The van der Waals surface area contributed by atoms with E-state index in [1.165, 1.54) is 0 Å². The topological polar surface area (TPSA) is 72.2 Å². The van der Waals surface area contributed by atoms with Crippen molar-refractivity contribution in [1.82, 2.24) is 24.6 Å². The summed E-state index contributed by atoms with van der Waals surface area (Å²) in [5, 5.41) is 7.39. The Labute approximate surface area is 154 Å². The van der Waals surface area contributed by atoms with Crippen molar-refractivity contribution in [2.24, 2.45) is 0 Å². The number of carbonyl (C=O) groups is 2. The number of hydrogen-bond donors (Lipinski definition) is 1. The predicted molar refractivity (Wildman–Crippen MR) is 98.2 cm³/mol. The maximum atomic E-state index is 13.1. The van der Waals surface area contributed by atoms with E-state index in [4.69, 9.17) is 0 Å². The Morgan fingerprint density at radius 2 is 2.00 bits per heavy atom. The van der Waals surface area contributed by atoms with Gasteiger partial charge >= 0.3 is 0 Å². The first kappa shape index (κ1) is 18.2. The van der Waals surface area contributed by atoms with Gasteiger partial charge in [-0.05, 0) is 24.6 Å². The van der Waals surface area contributed by atoms with E-state index in [-0.39, 0.29) is 17.9 Å². The molecule has 7 nitrogen and oxygen atoms in total. The molecule has 0 saturated carbocycles. The van der Waals surface area contributed by atoms with Crippen molar-refractivity contribution in [1.29, 1.82) is 0 Å². The summed E-state index contributed by atoms with van der Waals surface area (Å²) >= 11 is 0. The molecule has 2 aromatic rings. The summed E-state index contributed by atoms with van der Waals surface area (Å²) in [7, 11) is 0. The maximum absolute atomic E-state index is 13.1. The van der Waals surface area contributed by atoms with Gasteiger partial charge in [0.15, 0.2) is 0 Å². The van der Waals surface area contributed by atoms with Crippen LogP contribution >= 0.6 is 0 Å². The Balaban J connectivity index is 1.68. The normalized spacial score (nSPS) is 14.8. The van der Waals surface area contributed by atoms with E-state index < -0.39 is 0 Å². The van der Waals surface area contributed by atoms with Crippen molar-refractivity contribution in [3.63, 3.8) is 0 Å². The van der Waals surface area contributed by atoms with E-state index >= 15 is 0 Å². The molecule has 1 aliphatic rings. The molecular weight excluding hydrogens is 330 g/mol. The highest BCUT2D eigenvalue weighted by Crippen LogP contribution is 2.21. The molecule has 2 amide bonds. The first-order chi connectivity index (χ1) is 12.6. The first-order valence-corrected chi connectivity index (χ1v) is 9.36. The molecule has 0 fully saturated rings. The van der Waals surface area contributed by atoms with Crippen LogP contribution in [0, 0.1) is 0 Å². The number of hydrogen-bond acceptors (Lipinski definition) is 3. The molecule has 7 heteroatoms. The Kier molecular flexibility index (Phi) is 5.75. The van der Waals surface area contributed by atoms with E-state index in [0.717, 1.165) is 24.2 Å². The molecule has 0 aliphatic carbocycles. The Hall–Kier alpha value is -2.57. The quantitative estimate of drug-likeness (QED) is 0.825. The van der Waals surface area contributed by atoms with E-state index in [1.54, 1.807) is 0 Å². The van der Waals surface area contributed by atoms with E-state index in [9.17, 15) is 9.59 Å². The first-order valence-electron chi connectivity index (χ1n) is 9.36. The fourth-order valence-corrected chi connectivity index (χ4v) is 3.35. The number of nitrogens with zero attached hydrogens (tertiary/aromatic N) is 4. The second kappa shape index (κ2) is 8.21.